The van der Waals surface area contributed by atoms with Crippen molar-refractivity contribution in [3.8, 4) is 11.4 Å². The normalized spacial score (nSPS) is 13.9. The first-order valence-corrected chi connectivity index (χ1v) is 12.7. The van der Waals surface area contributed by atoms with Gasteiger partial charge in [-0.15, -0.1) is 0 Å². The molecule has 0 saturated carbocycles. The van der Waals surface area contributed by atoms with E-state index in [0.29, 0.717) is 11.3 Å². The molecule has 1 aliphatic rings. The second-order valence-electron chi connectivity index (χ2n) is 9.39. The van der Waals surface area contributed by atoms with Gasteiger partial charge in [-0.1, -0.05) is 24.8 Å². The minimum Gasteiger partial charge on any atom is -0.495 e. The van der Waals surface area contributed by atoms with Crippen molar-refractivity contribution in [2.45, 2.75) is 0 Å². The number of piperazine rings is 1. The van der Waals surface area contributed by atoms with Crippen LogP contribution in [-0.2, 0) is 0 Å². The second-order valence-corrected chi connectivity index (χ2v) is 9.39. The summed E-state index contributed by atoms with van der Waals surface area (Å²) in [5.74, 6) is 1.39. The van der Waals surface area contributed by atoms with E-state index in [1.807, 2.05) is 78.5 Å². The van der Waals surface area contributed by atoms with Crippen LogP contribution in [0.3, 0.4) is 0 Å². The smallest absolute Gasteiger partial charge is 0.255 e. The topological polar surface area (TPSA) is 91.7 Å². The number of ether oxygens (including phenoxy) is 1. The summed E-state index contributed by atoms with van der Waals surface area (Å²) in [7, 11) is 5.43. The Morgan fingerprint density at radius 2 is 1.79 bits per heavy atom. The van der Waals surface area contributed by atoms with Gasteiger partial charge in [0.05, 0.1) is 35.8 Å². The molecule has 200 valence electrons. The lowest BCUT2D eigenvalue weighted by Crippen LogP contribution is -2.47. The average Bonchev–Trinajstić information content (AvgIpc) is 3.41. The lowest BCUT2D eigenvalue weighted by molar-refractivity contribution is 0.0966. The molecule has 5 rings (SSSR count). The maximum atomic E-state index is 13.0. The zero-order valence-electron chi connectivity index (χ0n) is 22.4. The fourth-order valence-corrected chi connectivity index (χ4v) is 4.70. The van der Waals surface area contributed by atoms with Gasteiger partial charge in [0.25, 0.3) is 5.91 Å². The van der Waals surface area contributed by atoms with Crippen molar-refractivity contribution in [1.29, 1.82) is 0 Å². The predicted octanol–water partition coefficient (Wildman–Crippen LogP) is 3.47. The molecule has 39 heavy (non-hydrogen) atoms. The minimum absolute atomic E-state index is 0.204. The van der Waals surface area contributed by atoms with Crippen LogP contribution < -0.4 is 19.9 Å². The quantitative estimate of drug-likeness (QED) is 0.351. The number of anilines is 2. The van der Waals surface area contributed by atoms with Crippen molar-refractivity contribution in [3.63, 3.8) is 0 Å². The van der Waals surface area contributed by atoms with Crippen LogP contribution in [0.5, 0.6) is 5.75 Å². The van der Waals surface area contributed by atoms with E-state index in [1.165, 1.54) is 0 Å². The van der Waals surface area contributed by atoms with E-state index in [4.69, 9.17) is 4.74 Å². The molecular formula is C29H32N8O2. The van der Waals surface area contributed by atoms with Gasteiger partial charge < -0.3 is 24.8 Å². The second kappa shape index (κ2) is 11.3. The Balaban J connectivity index is 1.34. The Bertz CT molecular complexity index is 1500. The third-order valence-corrected chi connectivity index (χ3v) is 6.58. The zero-order valence-corrected chi connectivity index (χ0v) is 22.4. The molecule has 0 atom stereocenters. The highest BCUT2D eigenvalue weighted by Crippen LogP contribution is 2.32. The summed E-state index contributed by atoms with van der Waals surface area (Å²) in [6.45, 7) is 6.75. The molecule has 1 N–H and O–H groups in total. The van der Waals surface area contributed by atoms with E-state index in [2.05, 4.69) is 36.8 Å². The Hall–Kier alpha value is -4.86. The lowest BCUT2D eigenvalue weighted by Gasteiger charge is -2.37. The number of amides is 1. The third kappa shape index (κ3) is 5.40. The highest BCUT2D eigenvalue weighted by atomic mass is 16.5. The number of aromatic nitrogens is 4. The molecule has 0 spiro atoms. The van der Waals surface area contributed by atoms with Crippen molar-refractivity contribution in [2.75, 3.05) is 57.2 Å². The van der Waals surface area contributed by atoms with E-state index in [-0.39, 0.29) is 5.91 Å². The van der Waals surface area contributed by atoms with Crippen molar-refractivity contribution in [1.82, 2.24) is 30.0 Å². The number of carbonyl (C=O) groups excluding carboxylic acids is 1. The van der Waals surface area contributed by atoms with E-state index in [0.717, 1.165) is 60.2 Å². The van der Waals surface area contributed by atoms with Gasteiger partial charge in [0.2, 0.25) is 0 Å². The Labute approximate surface area is 227 Å². The van der Waals surface area contributed by atoms with Crippen molar-refractivity contribution >= 4 is 28.4 Å². The summed E-state index contributed by atoms with van der Waals surface area (Å²) in [6, 6.07) is 15.4. The number of hydrogen-bond donors (Lipinski definition) is 1. The zero-order chi connectivity index (χ0) is 27.4. The van der Waals surface area contributed by atoms with Gasteiger partial charge in [-0.25, -0.2) is 14.6 Å². The van der Waals surface area contributed by atoms with Gasteiger partial charge in [0.1, 0.15) is 17.9 Å². The van der Waals surface area contributed by atoms with E-state index in [1.54, 1.807) is 25.6 Å². The molecule has 0 bridgehead atoms. The number of hydrogen-bond acceptors (Lipinski definition) is 8. The molecule has 3 heterocycles. The third-order valence-electron chi connectivity index (χ3n) is 6.58. The fourth-order valence-electron chi connectivity index (χ4n) is 4.70. The number of fused-ring (bicyclic) bond motifs is 1. The Kier molecular flexibility index (Phi) is 7.44. The maximum absolute atomic E-state index is 13.0. The molecule has 0 radical (unpaired) electrons. The number of rotatable bonds is 8. The Morgan fingerprint density at radius 3 is 2.49 bits per heavy atom. The molecule has 1 aliphatic heterocycles. The molecule has 2 aromatic carbocycles. The first-order chi connectivity index (χ1) is 19.0. The molecule has 10 nitrogen and oxygen atoms in total. The van der Waals surface area contributed by atoms with Crippen LogP contribution in [0.2, 0.25) is 0 Å². The highest BCUT2D eigenvalue weighted by molar-refractivity contribution is 5.97. The highest BCUT2D eigenvalue weighted by Gasteiger charge is 2.24. The summed E-state index contributed by atoms with van der Waals surface area (Å²) in [6.07, 6.45) is 6.85. The van der Waals surface area contributed by atoms with E-state index in [9.17, 15) is 4.79 Å². The molecule has 2 aromatic heterocycles. The summed E-state index contributed by atoms with van der Waals surface area (Å²) < 4.78 is 7.49. The number of nitrogens with one attached hydrogen (secondary N) is 1. The van der Waals surface area contributed by atoms with Crippen LogP contribution in [0.1, 0.15) is 10.4 Å². The number of methoxy groups -OCH3 is 1. The van der Waals surface area contributed by atoms with Crippen LogP contribution in [0.4, 0.5) is 11.5 Å². The minimum atomic E-state index is -0.204. The summed E-state index contributed by atoms with van der Waals surface area (Å²) in [5, 5.41) is 8.41. The van der Waals surface area contributed by atoms with Gasteiger partial charge >= 0.3 is 0 Å². The number of nitrogens with zero attached hydrogens (tertiary/aromatic N) is 7. The summed E-state index contributed by atoms with van der Waals surface area (Å²) in [4.78, 5) is 28.5. The van der Waals surface area contributed by atoms with Gasteiger partial charge in [-0.3, -0.25) is 4.79 Å². The van der Waals surface area contributed by atoms with Crippen molar-refractivity contribution in [2.24, 2.45) is 0 Å². The molecule has 4 aromatic rings. The van der Waals surface area contributed by atoms with Gasteiger partial charge in [-0.05, 0) is 36.4 Å². The van der Waals surface area contributed by atoms with Crippen LogP contribution in [0.25, 0.3) is 16.7 Å². The van der Waals surface area contributed by atoms with Crippen LogP contribution >= 0.6 is 0 Å². The van der Waals surface area contributed by atoms with Gasteiger partial charge in [0, 0.05) is 52.0 Å². The molecule has 10 heteroatoms. The average molecular weight is 525 g/mol. The Morgan fingerprint density at radius 1 is 1.05 bits per heavy atom. The molecular weight excluding hydrogens is 492 g/mol. The molecule has 1 saturated heterocycles. The first kappa shape index (κ1) is 25.8. The van der Waals surface area contributed by atoms with E-state index < -0.39 is 0 Å². The monoisotopic (exact) mass is 524 g/mol. The van der Waals surface area contributed by atoms with Crippen molar-refractivity contribution < 1.29 is 9.53 Å². The first-order valence-electron chi connectivity index (χ1n) is 12.7. The van der Waals surface area contributed by atoms with Gasteiger partial charge in [0.15, 0.2) is 5.65 Å². The molecule has 1 amide bonds. The summed E-state index contributed by atoms with van der Waals surface area (Å²) in [5.41, 5.74) is 3.78. The number of benzene rings is 2. The summed E-state index contributed by atoms with van der Waals surface area (Å²) >= 11 is 0. The molecule has 1 fully saturated rings. The van der Waals surface area contributed by atoms with E-state index >= 15 is 0 Å². The standard InChI is InChI=1S/C29H32N8O2/c1-5-22(19-34(2)3)33-29(38)21-11-12-26(39-4)25(17-21)35-13-15-36(16-14-35)27-24-18-32-37(28(24)31-20-30-27)23-9-7-6-8-10-23/h5-12,17-20H,1,13-16H2,2-4H3,(H,33,38)/b22-19+. The SMILES string of the molecule is C=C/C(=C\N(C)C)NC(=O)c1ccc(OC)c(N2CCN(c3ncnc4c3cnn4-c3ccccc3)CC2)c1. The van der Waals surface area contributed by atoms with Crippen molar-refractivity contribution in [3.05, 3.63) is 91.2 Å². The van der Waals surface area contributed by atoms with Crippen LogP contribution in [0.15, 0.2) is 85.6 Å². The predicted molar refractivity (Wildman–Crippen MR) is 154 cm³/mol. The van der Waals surface area contributed by atoms with Gasteiger partial charge in [-0.2, -0.15) is 5.10 Å². The molecule has 0 unspecified atom stereocenters. The number of carbonyl (C=O) groups is 1. The molecule has 0 aliphatic carbocycles. The maximum Gasteiger partial charge on any atom is 0.255 e. The lowest BCUT2D eigenvalue weighted by atomic mass is 10.1. The number of allylic oxidation sites excluding steroid dienone is 1. The van der Waals surface area contributed by atoms with Crippen LogP contribution in [0, 0.1) is 0 Å². The fraction of sp³-hybridized carbons (Fsp3) is 0.241. The van der Waals surface area contributed by atoms with Crippen LogP contribution in [-0.4, -0.2) is 77.9 Å². The number of para-hydroxylation sites is 1. The largest absolute Gasteiger partial charge is 0.495 e.